The lowest BCUT2D eigenvalue weighted by atomic mass is 10.0. The standard InChI is InChI=1S/C12H18ClFN2/c1-12(2,15)6-3-7-16-11-8-9(13)4-5-10(11)14/h4-5,8,16H,3,6-7,15H2,1-2H3. The van der Waals surface area contributed by atoms with Gasteiger partial charge in [-0.15, -0.1) is 0 Å². The molecule has 4 heteroatoms. The van der Waals surface area contributed by atoms with Gasteiger partial charge in [-0.1, -0.05) is 11.6 Å². The zero-order chi connectivity index (χ0) is 12.2. The molecular weight excluding hydrogens is 227 g/mol. The minimum atomic E-state index is -0.281. The summed E-state index contributed by atoms with van der Waals surface area (Å²) in [5.41, 5.74) is 6.12. The van der Waals surface area contributed by atoms with Crippen LogP contribution in [0.2, 0.25) is 5.02 Å². The van der Waals surface area contributed by atoms with Gasteiger partial charge in [-0.2, -0.15) is 0 Å². The fourth-order valence-corrected chi connectivity index (χ4v) is 1.57. The maximum Gasteiger partial charge on any atom is 0.146 e. The Kier molecular flexibility index (Phi) is 4.56. The van der Waals surface area contributed by atoms with Gasteiger partial charge in [-0.25, -0.2) is 4.39 Å². The normalized spacial score (nSPS) is 11.6. The first-order valence-corrected chi connectivity index (χ1v) is 5.74. The molecule has 1 rings (SSSR count). The number of anilines is 1. The molecule has 0 fully saturated rings. The predicted molar refractivity (Wildman–Crippen MR) is 67.4 cm³/mol. The molecule has 0 saturated carbocycles. The molecule has 0 spiro atoms. The second-order valence-electron chi connectivity index (χ2n) is 4.64. The lowest BCUT2D eigenvalue weighted by Gasteiger charge is -2.18. The molecule has 0 amide bonds. The summed E-state index contributed by atoms with van der Waals surface area (Å²) < 4.78 is 13.3. The van der Waals surface area contributed by atoms with E-state index in [0.717, 1.165) is 12.8 Å². The van der Waals surface area contributed by atoms with Crippen molar-refractivity contribution in [3.05, 3.63) is 29.0 Å². The Balaban J connectivity index is 2.40. The molecule has 0 radical (unpaired) electrons. The summed E-state index contributed by atoms with van der Waals surface area (Å²) in [6, 6.07) is 4.48. The zero-order valence-electron chi connectivity index (χ0n) is 9.69. The molecule has 0 saturated heterocycles. The molecule has 2 nitrogen and oxygen atoms in total. The fraction of sp³-hybridized carbons (Fsp3) is 0.500. The molecule has 0 unspecified atom stereocenters. The number of hydrogen-bond acceptors (Lipinski definition) is 2. The van der Waals surface area contributed by atoms with Crippen LogP contribution in [0.15, 0.2) is 18.2 Å². The number of halogens is 2. The van der Waals surface area contributed by atoms with Crippen LogP contribution >= 0.6 is 11.6 Å². The average molecular weight is 245 g/mol. The summed E-state index contributed by atoms with van der Waals surface area (Å²) in [5.74, 6) is -0.281. The van der Waals surface area contributed by atoms with Crippen molar-refractivity contribution in [3.8, 4) is 0 Å². The van der Waals surface area contributed by atoms with Crippen molar-refractivity contribution in [2.24, 2.45) is 5.73 Å². The molecule has 0 heterocycles. The van der Waals surface area contributed by atoms with Crippen molar-refractivity contribution in [1.82, 2.24) is 0 Å². The summed E-state index contributed by atoms with van der Waals surface area (Å²) in [7, 11) is 0. The molecule has 0 atom stereocenters. The Morgan fingerprint density at radius 3 is 2.75 bits per heavy atom. The quantitative estimate of drug-likeness (QED) is 0.779. The third kappa shape index (κ3) is 4.81. The van der Waals surface area contributed by atoms with Gasteiger partial charge in [0.1, 0.15) is 5.82 Å². The first kappa shape index (κ1) is 13.3. The van der Waals surface area contributed by atoms with Crippen LogP contribution in [0.3, 0.4) is 0 Å². The lowest BCUT2D eigenvalue weighted by molar-refractivity contribution is 0.465. The van der Waals surface area contributed by atoms with Gasteiger partial charge < -0.3 is 11.1 Å². The van der Waals surface area contributed by atoms with Crippen LogP contribution in [0.1, 0.15) is 26.7 Å². The summed E-state index contributed by atoms with van der Waals surface area (Å²) in [4.78, 5) is 0. The van der Waals surface area contributed by atoms with Crippen molar-refractivity contribution < 1.29 is 4.39 Å². The highest BCUT2D eigenvalue weighted by Crippen LogP contribution is 2.19. The smallest absolute Gasteiger partial charge is 0.146 e. The molecular formula is C12H18ClFN2. The number of benzene rings is 1. The van der Waals surface area contributed by atoms with Gasteiger partial charge in [0, 0.05) is 17.1 Å². The van der Waals surface area contributed by atoms with Crippen LogP contribution in [-0.4, -0.2) is 12.1 Å². The number of rotatable bonds is 5. The van der Waals surface area contributed by atoms with Gasteiger partial charge in [0.15, 0.2) is 0 Å². The SMILES string of the molecule is CC(C)(N)CCCNc1cc(Cl)ccc1F. The summed E-state index contributed by atoms with van der Waals surface area (Å²) in [5, 5.41) is 3.54. The van der Waals surface area contributed by atoms with E-state index < -0.39 is 0 Å². The Morgan fingerprint density at radius 1 is 1.44 bits per heavy atom. The summed E-state index contributed by atoms with van der Waals surface area (Å²) in [6.07, 6.45) is 1.79. The Morgan fingerprint density at radius 2 is 2.12 bits per heavy atom. The van der Waals surface area contributed by atoms with Gasteiger partial charge in [-0.3, -0.25) is 0 Å². The minimum Gasteiger partial charge on any atom is -0.383 e. The monoisotopic (exact) mass is 244 g/mol. The minimum absolute atomic E-state index is 0.172. The second kappa shape index (κ2) is 5.51. The first-order valence-electron chi connectivity index (χ1n) is 5.36. The van der Waals surface area contributed by atoms with Gasteiger partial charge in [0.25, 0.3) is 0 Å². The van der Waals surface area contributed by atoms with Crippen molar-refractivity contribution in [1.29, 1.82) is 0 Å². The summed E-state index contributed by atoms with van der Waals surface area (Å²) in [6.45, 7) is 4.65. The van der Waals surface area contributed by atoms with E-state index in [1.54, 1.807) is 6.07 Å². The molecule has 90 valence electrons. The van der Waals surface area contributed by atoms with Gasteiger partial charge in [0.2, 0.25) is 0 Å². The summed E-state index contributed by atoms with van der Waals surface area (Å²) >= 11 is 5.78. The zero-order valence-corrected chi connectivity index (χ0v) is 10.4. The molecule has 1 aromatic carbocycles. The van der Waals surface area contributed by atoms with Gasteiger partial charge in [0.05, 0.1) is 5.69 Å². The van der Waals surface area contributed by atoms with E-state index >= 15 is 0 Å². The second-order valence-corrected chi connectivity index (χ2v) is 5.08. The van der Waals surface area contributed by atoms with E-state index in [0.29, 0.717) is 17.3 Å². The molecule has 3 N–H and O–H groups in total. The van der Waals surface area contributed by atoms with Crippen LogP contribution < -0.4 is 11.1 Å². The van der Waals surface area contributed by atoms with Crippen LogP contribution in [0, 0.1) is 5.82 Å². The maximum absolute atomic E-state index is 13.3. The number of hydrogen-bond donors (Lipinski definition) is 2. The number of nitrogens with one attached hydrogen (secondary N) is 1. The van der Waals surface area contributed by atoms with E-state index in [2.05, 4.69) is 5.32 Å². The highest BCUT2D eigenvalue weighted by molar-refractivity contribution is 6.30. The highest BCUT2D eigenvalue weighted by atomic mass is 35.5. The van der Waals surface area contributed by atoms with E-state index in [1.165, 1.54) is 12.1 Å². The van der Waals surface area contributed by atoms with E-state index in [1.807, 2.05) is 13.8 Å². The Bertz CT molecular complexity index is 347. The molecule has 0 aromatic heterocycles. The molecule has 16 heavy (non-hydrogen) atoms. The van der Waals surface area contributed by atoms with Crippen LogP contribution in [-0.2, 0) is 0 Å². The molecule has 1 aromatic rings. The predicted octanol–water partition coefficient (Wildman–Crippen LogP) is 3.41. The third-order valence-corrected chi connectivity index (χ3v) is 2.48. The van der Waals surface area contributed by atoms with Crippen LogP contribution in [0.4, 0.5) is 10.1 Å². The maximum atomic E-state index is 13.3. The van der Waals surface area contributed by atoms with Gasteiger partial charge in [-0.05, 0) is 44.9 Å². The average Bonchev–Trinajstić information content (AvgIpc) is 2.16. The van der Waals surface area contributed by atoms with Crippen LogP contribution in [0.25, 0.3) is 0 Å². The molecule has 0 aliphatic heterocycles. The van der Waals surface area contributed by atoms with Crippen LogP contribution in [0.5, 0.6) is 0 Å². The van der Waals surface area contributed by atoms with E-state index in [-0.39, 0.29) is 11.4 Å². The van der Waals surface area contributed by atoms with E-state index in [9.17, 15) is 4.39 Å². The Labute approximate surface area is 101 Å². The molecule has 0 aliphatic rings. The van der Waals surface area contributed by atoms with Crippen molar-refractivity contribution in [3.63, 3.8) is 0 Å². The molecule has 0 bridgehead atoms. The number of nitrogens with two attached hydrogens (primary N) is 1. The van der Waals surface area contributed by atoms with E-state index in [4.69, 9.17) is 17.3 Å². The third-order valence-electron chi connectivity index (χ3n) is 2.24. The molecule has 0 aliphatic carbocycles. The largest absolute Gasteiger partial charge is 0.383 e. The first-order chi connectivity index (χ1) is 7.38. The van der Waals surface area contributed by atoms with Crippen molar-refractivity contribution in [2.75, 3.05) is 11.9 Å². The Hall–Kier alpha value is -0.800. The lowest BCUT2D eigenvalue weighted by Crippen LogP contribution is -2.32. The van der Waals surface area contributed by atoms with Crippen molar-refractivity contribution in [2.45, 2.75) is 32.2 Å². The fourth-order valence-electron chi connectivity index (χ4n) is 1.40. The topological polar surface area (TPSA) is 38.0 Å². The van der Waals surface area contributed by atoms with Gasteiger partial charge >= 0.3 is 0 Å². The highest BCUT2D eigenvalue weighted by Gasteiger charge is 2.09. The van der Waals surface area contributed by atoms with Crippen molar-refractivity contribution >= 4 is 17.3 Å².